The number of hydrogen-bond acceptors (Lipinski definition) is 5. The number of benzene rings is 1. The Balaban J connectivity index is 1.76. The van der Waals surface area contributed by atoms with Crippen molar-refractivity contribution < 1.29 is 9.53 Å². The number of aromatic nitrogens is 2. The van der Waals surface area contributed by atoms with E-state index in [2.05, 4.69) is 22.0 Å². The molecule has 1 saturated heterocycles. The summed E-state index contributed by atoms with van der Waals surface area (Å²) >= 11 is 0. The van der Waals surface area contributed by atoms with E-state index in [0.29, 0.717) is 12.1 Å². The van der Waals surface area contributed by atoms with Gasteiger partial charge in [-0.1, -0.05) is 30.3 Å². The molecular weight excluding hydrogens is 316 g/mol. The first-order valence-corrected chi connectivity index (χ1v) is 8.66. The molecular formula is C19H24N4O2. The molecule has 1 atom stereocenters. The van der Waals surface area contributed by atoms with Gasteiger partial charge in [0, 0.05) is 32.2 Å². The summed E-state index contributed by atoms with van der Waals surface area (Å²) in [4.78, 5) is 17.3. The highest BCUT2D eigenvalue weighted by atomic mass is 16.5. The largest absolute Gasteiger partial charge is 0.379 e. The van der Waals surface area contributed by atoms with Gasteiger partial charge in [0.1, 0.15) is 0 Å². The van der Waals surface area contributed by atoms with Gasteiger partial charge in [-0.05, 0) is 18.6 Å². The van der Waals surface area contributed by atoms with Gasteiger partial charge >= 0.3 is 0 Å². The molecule has 6 nitrogen and oxygen atoms in total. The Morgan fingerprint density at radius 2 is 1.96 bits per heavy atom. The Morgan fingerprint density at radius 1 is 1.20 bits per heavy atom. The summed E-state index contributed by atoms with van der Waals surface area (Å²) in [6.45, 7) is 6.85. The third-order valence-electron chi connectivity index (χ3n) is 4.45. The number of morpholine rings is 1. The van der Waals surface area contributed by atoms with Crippen molar-refractivity contribution in [2.75, 3.05) is 32.8 Å². The first-order chi connectivity index (χ1) is 12.2. The summed E-state index contributed by atoms with van der Waals surface area (Å²) in [6, 6.07) is 11.9. The third-order valence-corrected chi connectivity index (χ3v) is 4.45. The maximum atomic E-state index is 13.0. The average molecular weight is 340 g/mol. The number of carbonyl (C=O) groups excluding carboxylic acids is 1. The second kappa shape index (κ2) is 8.69. The first kappa shape index (κ1) is 17.5. The van der Waals surface area contributed by atoms with Crippen molar-refractivity contribution in [3.05, 3.63) is 59.9 Å². The lowest BCUT2D eigenvalue weighted by Gasteiger charge is -2.35. The van der Waals surface area contributed by atoms with Crippen LogP contribution in [0.1, 0.15) is 22.8 Å². The highest BCUT2D eigenvalue weighted by Gasteiger charge is 2.24. The number of hydrogen-bond donors (Lipinski definition) is 0. The summed E-state index contributed by atoms with van der Waals surface area (Å²) in [5, 5.41) is 7.61. The van der Waals surface area contributed by atoms with Crippen LogP contribution in [0.25, 0.3) is 0 Å². The van der Waals surface area contributed by atoms with Crippen LogP contribution in [0.4, 0.5) is 0 Å². The number of carbonyl (C=O) groups is 1. The van der Waals surface area contributed by atoms with Gasteiger partial charge in [-0.2, -0.15) is 10.2 Å². The molecule has 1 aliphatic heterocycles. The van der Waals surface area contributed by atoms with Gasteiger partial charge in [-0.25, -0.2) is 0 Å². The van der Waals surface area contributed by atoms with Gasteiger partial charge in [0.15, 0.2) is 0 Å². The minimum atomic E-state index is -0.0143. The smallest absolute Gasteiger partial charge is 0.256 e. The van der Waals surface area contributed by atoms with E-state index in [-0.39, 0.29) is 11.9 Å². The predicted octanol–water partition coefficient (Wildman–Crippen LogP) is 1.84. The van der Waals surface area contributed by atoms with Gasteiger partial charge < -0.3 is 9.64 Å². The van der Waals surface area contributed by atoms with Crippen LogP contribution in [0, 0.1) is 0 Å². The molecule has 0 N–H and O–H groups in total. The number of rotatable bonds is 6. The average Bonchev–Trinajstić information content (AvgIpc) is 2.68. The number of nitrogens with zero attached hydrogens (tertiary/aromatic N) is 4. The van der Waals surface area contributed by atoms with Crippen LogP contribution in [-0.2, 0) is 11.3 Å². The standard InChI is InChI=1S/C19H24N4O2/c1-16(14-22-9-11-25-12-10-22)23(15-17-5-3-2-4-6-17)19(24)18-7-8-20-21-13-18/h2-8,13,16H,9-12,14-15H2,1H3/t16-/m1/s1. The van der Waals surface area contributed by atoms with Crippen molar-refractivity contribution in [3.63, 3.8) is 0 Å². The fourth-order valence-corrected chi connectivity index (χ4v) is 3.05. The van der Waals surface area contributed by atoms with Crippen LogP contribution in [-0.4, -0.2) is 64.8 Å². The zero-order chi connectivity index (χ0) is 17.5. The van der Waals surface area contributed by atoms with Gasteiger partial charge in [0.05, 0.1) is 31.2 Å². The van der Waals surface area contributed by atoms with E-state index in [1.54, 1.807) is 12.3 Å². The Labute approximate surface area is 148 Å². The molecule has 0 radical (unpaired) electrons. The molecule has 0 unspecified atom stereocenters. The lowest BCUT2D eigenvalue weighted by atomic mass is 10.1. The summed E-state index contributed by atoms with van der Waals surface area (Å²) < 4.78 is 5.42. The van der Waals surface area contributed by atoms with Crippen molar-refractivity contribution in [2.24, 2.45) is 0 Å². The Morgan fingerprint density at radius 3 is 2.64 bits per heavy atom. The molecule has 0 saturated carbocycles. The Kier molecular flexibility index (Phi) is 6.09. The van der Waals surface area contributed by atoms with Gasteiger partial charge in [0.25, 0.3) is 5.91 Å². The zero-order valence-electron chi connectivity index (χ0n) is 14.5. The van der Waals surface area contributed by atoms with Crippen LogP contribution in [0.2, 0.25) is 0 Å². The second-order valence-corrected chi connectivity index (χ2v) is 6.31. The number of ether oxygens (including phenoxy) is 1. The van der Waals surface area contributed by atoms with Gasteiger partial charge in [-0.15, -0.1) is 0 Å². The van der Waals surface area contributed by atoms with E-state index in [1.807, 2.05) is 35.2 Å². The number of amides is 1. The van der Waals surface area contributed by atoms with Crippen LogP contribution in [0.15, 0.2) is 48.8 Å². The summed E-state index contributed by atoms with van der Waals surface area (Å²) in [7, 11) is 0. The fraction of sp³-hybridized carbons (Fsp3) is 0.421. The first-order valence-electron chi connectivity index (χ1n) is 8.66. The summed E-state index contributed by atoms with van der Waals surface area (Å²) in [5.74, 6) is -0.0143. The summed E-state index contributed by atoms with van der Waals surface area (Å²) in [6.07, 6.45) is 3.09. The van der Waals surface area contributed by atoms with E-state index >= 15 is 0 Å². The molecule has 1 fully saturated rings. The Bertz CT molecular complexity index is 660. The normalized spacial score (nSPS) is 16.4. The minimum Gasteiger partial charge on any atom is -0.379 e. The minimum absolute atomic E-state index is 0.0143. The Hall–Kier alpha value is -2.31. The van der Waals surface area contributed by atoms with E-state index < -0.39 is 0 Å². The molecule has 2 aromatic rings. The predicted molar refractivity (Wildman–Crippen MR) is 95.1 cm³/mol. The van der Waals surface area contributed by atoms with Crippen LogP contribution < -0.4 is 0 Å². The molecule has 0 aliphatic carbocycles. The van der Waals surface area contributed by atoms with Crippen molar-refractivity contribution in [1.29, 1.82) is 0 Å². The highest BCUT2D eigenvalue weighted by Crippen LogP contribution is 2.14. The van der Waals surface area contributed by atoms with Gasteiger partial charge in [0.2, 0.25) is 0 Å². The third kappa shape index (κ3) is 4.84. The molecule has 0 spiro atoms. The molecule has 1 aliphatic rings. The highest BCUT2D eigenvalue weighted by molar-refractivity contribution is 5.94. The lowest BCUT2D eigenvalue weighted by molar-refractivity contribution is 0.0228. The molecule has 1 amide bonds. The SMILES string of the molecule is C[C@H](CN1CCOCC1)N(Cc1ccccc1)C(=O)c1ccnnc1. The van der Waals surface area contributed by atoms with Crippen LogP contribution in [0.3, 0.4) is 0 Å². The van der Waals surface area contributed by atoms with Crippen molar-refractivity contribution in [2.45, 2.75) is 19.5 Å². The second-order valence-electron chi connectivity index (χ2n) is 6.31. The van der Waals surface area contributed by atoms with E-state index in [4.69, 9.17) is 4.74 Å². The zero-order valence-corrected chi connectivity index (χ0v) is 14.5. The van der Waals surface area contributed by atoms with Crippen molar-refractivity contribution in [3.8, 4) is 0 Å². The molecule has 2 heterocycles. The maximum absolute atomic E-state index is 13.0. The van der Waals surface area contributed by atoms with E-state index in [1.165, 1.54) is 6.20 Å². The molecule has 1 aromatic carbocycles. The maximum Gasteiger partial charge on any atom is 0.256 e. The van der Waals surface area contributed by atoms with E-state index in [0.717, 1.165) is 38.4 Å². The molecule has 1 aromatic heterocycles. The van der Waals surface area contributed by atoms with E-state index in [9.17, 15) is 4.79 Å². The van der Waals surface area contributed by atoms with Crippen molar-refractivity contribution in [1.82, 2.24) is 20.0 Å². The summed E-state index contributed by atoms with van der Waals surface area (Å²) in [5.41, 5.74) is 1.69. The lowest BCUT2D eigenvalue weighted by Crippen LogP contribution is -2.48. The molecule has 6 heteroatoms. The van der Waals surface area contributed by atoms with Crippen LogP contribution >= 0.6 is 0 Å². The molecule has 0 bridgehead atoms. The van der Waals surface area contributed by atoms with Crippen molar-refractivity contribution >= 4 is 5.91 Å². The topological polar surface area (TPSA) is 58.6 Å². The van der Waals surface area contributed by atoms with Gasteiger partial charge in [-0.3, -0.25) is 9.69 Å². The quantitative estimate of drug-likeness (QED) is 0.803. The van der Waals surface area contributed by atoms with Crippen LogP contribution in [0.5, 0.6) is 0 Å². The monoisotopic (exact) mass is 340 g/mol. The fourth-order valence-electron chi connectivity index (χ4n) is 3.05. The molecule has 3 rings (SSSR count). The molecule has 25 heavy (non-hydrogen) atoms. The molecule has 132 valence electrons.